The van der Waals surface area contributed by atoms with Gasteiger partial charge in [-0.25, -0.2) is 0 Å². The number of carbonyl (C=O) groups is 1. The van der Waals surface area contributed by atoms with Crippen LogP contribution in [0.5, 0.6) is 0 Å². The van der Waals surface area contributed by atoms with Gasteiger partial charge in [0.25, 0.3) is 0 Å². The summed E-state index contributed by atoms with van der Waals surface area (Å²) in [5.41, 5.74) is 7.20. The maximum atomic E-state index is 11.8. The van der Waals surface area contributed by atoms with Gasteiger partial charge in [0.1, 0.15) is 0 Å². The molecule has 2 aromatic rings. The number of benzene rings is 1. The third-order valence-corrected chi connectivity index (χ3v) is 2.96. The van der Waals surface area contributed by atoms with Crippen molar-refractivity contribution in [1.29, 1.82) is 0 Å². The normalized spacial score (nSPS) is 13.8. The summed E-state index contributed by atoms with van der Waals surface area (Å²) in [5, 5.41) is 10.2. The zero-order valence-corrected chi connectivity index (χ0v) is 10.8. The number of nitrogens with zero attached hydrogens (tertiary/aromatic N) is 2. The summed E-state index contributed by atoms with van der Waals surface area (Å²) in [6.45, 7) is 3.61. The third kappa shape index (κ3) is 3.17. The first kappa shape index (κ1) is 13.2. The smallest absolute Gasteiger partial charge is 0.247 e. The van der Waals surface area contributed by atoms with Crippen LogP contribution in [0.15, 0.2) is 35.1 Å². The molecule has 0 radical (unpaired) electrons. The number of carbonyl (C=O) groups excluding carboxylic acids is 1. The van der Waals surface area contributed by atoms with E-state index < -0.39 is 0 Å². The minimum Gasteiger partial charge on any atom is -0.423 e. The van der Waals surface area contributed by atoms with Crippen LogP contribution in [0.25, 0.3) is 11.5 Å². The van der Waals surface area contributed by atoms with Gasteiger partial charge in [-0.15, -0.1) is 10.2 Å². The molecule has 1 heterocycles. The number of amides is 1. The van der Waals surface area contributed by atoms with Gasteiger partial charge in [-0.1, -0.05) is 6.92 Å². The molecule has 0 fully saturated rings. The van der Waals surface area contributed by atoms with Crippen LogP contribution >= 0.6 is 0 Å². The van der Waals surface area contributed by atoms with Gasteiger partial charge in [0.2, 0.25) is 18.2 Å². The van der Waals surface area contributed by atoms with Gasteiger partial charge in [0.15, 0.2) is 0 Å². The molecule has 1 aromatic carbocycles. The lowest BCUT2D eigenvalue weighted by Crippen LogP contribution is -2.34. The molecule has 0 aliphatic heterocycles. The fourth-order valence-electron chi connectivity index (χ4n) is 1.49. The van der Waals surface area contributed by atoms with E-state index in [9.17, 15) is 4.79 Å². The molecule has 0 aliphatic rings. The Morgan fingerprint density at radius 2 is 2.00 bits per heavy atom. The van der Waals surface area contributed by atoms with Crippen molar-refractivity contribution in [2.45, 2.75) is 19.9 Å². The SMILES string of the molecule is CC(N)C(C)C(=O)Nc1ccc(-c2nnco2)cc1. The Labute approximate surface area is 111 Å². The van der Waals surface area contributed by atoms with Crippen LogP contribution in [-0.4, -0.2) is 22.1 Å². The predicted molar refractivity (Wildman–Crippen MR) is 71.2 cm³/mol. The largest absolute Gasteiger partial charge is 0.423 e. The van der Waals surface area contributed by atoms with Gasteiger partial charge < -0.3 is 15.5 Å². The minimum absolute atomic E-state index is 0.0967. The molecule has 19 heavy (non-hydrogen) atoms. The summed E-state index contributed by atoms with van der Waals surface area (Å²) in [6, 6.07) is 6.99. The number of nitrogens with two attached hydrogens (primary N) is 1. The van der Waals surface area contributed by atoms with Crippen LogP contribution in [0.1, 0.15) is 13.8 Å². The van der Waals surface area contributed by atoms with Crippen molar-refractivity contribution in [2.24, 2.45) is 11.7 Å². The zero-order valence-electron chi connectivity index (χ0n) is 10.8. The van der Waals surface area contributed by atoms with E-state index in [1.807, 2.05) is 6.92 Å². The number of rotatable bonds is 4. The van der Waals surface area contributed by atoms with E-state index in [0.717, 1.165) is 5.56 Å². The molecular weight excluding hydrogens is 244 g/mol. The van der Waals surface area contributed by atoms with Crippen molar-refractivity contribution in [3.05, 3.63) is 30.7 Å². The summed E-state index contributed by atoms with van der Waals surface area (Å²) in [7, 11) is 0. The number of hydrogen-bond donors (Lipinski definition) is 2. The third-order valence-electron chi connectivity index (χ3n) is 2.96. The predicted octanol–water partition coefficient (Wildman–Crippen LogP) is 1.66. The number of nitrogens with one attached hydrogen (secondary N) is 1. The Kier molecular flexibility index (Phi) is 3.91. The van der Waals surface area contributed by atoms with E-state index in [1.54, 1.807) is 31.2 Å². The fraction of sp³-hybridized carbons (Fsp3) is 0.308. The van der Waals surface area contributed by atoms with Gasteiger partial charge in [0, 0.05) is 17.3 Å². The Hall–Kier alpha value is -2.21. The fourth-order valence-corrected chi connectivity index (χ4v) is 1.49. The molecule has 100 valence electrons. The average molecular weight is 260 g/mol. The minimum atomic E-state index is -0.240. The second-order valence-corrected chi connectivity index (χ2v) is 4.46. The Balaban J connectivity index is 2.05. The highest BCUT2D eigenvalue weighted by molar-refractivity contribution is 5.92. The highest BCUT2D eigenvalue weighted by Crippen LogP contribution is 2.19. The highest BCUT2D eigenvalue weighted by Gasteiger charge is 2.17. The molecular formula is C13H16N4O2. The van der Waals surface area contributed by atoms with Crippen molar-refractivity contribution < 1.29 is 9.21 Å². The Morgan fingerprint density at radius 1 is 1.32 bits per heavy atom. The molecule has 0 saturated heterocycles. The quantitative estimate of drug-likeness (QED) is 0.871. The van der Waals surface area contributed by atoms with Gasteiger partial charge in [0.05, 0.1) is 5.92 Å². The highest BCUT2D eigenvalue weighted by atomic mass is 16.4. The Bertz CT molecular complexity index is 534. The molecule has 3 N–H and O–H groups in total. The molecule has 2 unspecified atom stereocenters. The van der Waals surface area contributed by atoms with Gasteiger partial charge in [-0.05, 0) is 31.2 Å². The zero-order chi connectivity index (χ0) is 13.8. The summed E-state index contributed by atoms with van der Waals surface area (Å²) in [6.07, 6.45) is 1.27. The molecule has 0 spiro atoms. The van der Waals surface area contributed by atoms with Gasteiger partial charge in [-0.2, -0.15) is 0 Å². The van der Waals surface area contributed by atoms with Gasteiger partial charge in [-0.3, -0.25) is 4.79 Å². The number of aromatic nitrogens is 2. The van der Waals surface area contributed by atoms with Crippen LogP contribution < -0.4 is 11.1 Å². The van der Waals surface area contributed by atoms with Crippen molar-refractivity contribution >= 4 is 11.6 Å². The summed E-state index contributed by atoms with van der Waals surface area (Å²) in [5.74, 6) is 0.109. The van der Waals surface area contributed by atoms with Crippen molar-refractivity contribution in [2.75, 3.05) is 5.32 Å². The summed E-state index contributed by atoms with van der Waals surface area (Å²) < 4.78 is 5.08. The molecule has 1 aromatic heterocycles. The maximum Gasteiger partial charge on any atom is 0.247 e. The lowest BCUT2D eigenvalue weighted by molar-refractivity contribution is -0.119. The standard InChI is InChI=1S/C13H16N4O2/c1-8(9(2)14)12(18)16-11-5-3-10(4-6-11)13-17-15-7-19-13/h3-9H,14H2,1-2H3,(H,16,18). The first-order valence-corrected chi connectivity index (χ1v) is 6.01. The van der Waals surface area contributed by atoms with E-state index in [4.69, 9.17) is 10.2 Å². The topological polar surface area (TPSA) is 94.0 Å². The van der Waals surface area contributed by atoms with E-state index in [2.05, 4.69) is 15.5 Å². The molecule has 6 nitrogen and oxygen atoms in total. The molecule has 6 heteroatoms. The first-order valence-electron chi connectivity index (χ1n) is 6.01. The maximum absolute atomic E-state index is 11.8. The van der Waals surface area contributed by atoms with E-state index in [1.165, 1.54) is 6.39 Å². The molecule has 1 amide bonds. The van der Waals surface area contributed by atoms with Crippen LogP contribution in [0.3, 0.4) is 0 Å². The molecule has 0 aliphatic carbocycles. The lowest BCUT2D eigenvalue weighted by atomic mass is 10.0. The van der Waals surface area contributed by atoms with Crippen molar-refractivity contribution in [3.63, 3.8) is 0 Å². The van der Waals surface area contributed by atoms with E-state index >= 15 is 0 Å². The van der Waals surface area contributed by atoms with Gasteiger partial charge >= 0.3 is 0 Å². The lowest BCUT2D eigenvalue weighted by Gasteiger charge is -2.15. The Morgan fingerprint density at radius 3 is 2.53 bits per heavy atom. The first-order chi connectivity index (χ1) is 9.08. The van der Waals surface area contributed by atoms with Crippen LogP contribution in [0.2, 0.25) is 0 Å². The van der Waals surface area contributed by atoms with Crippen molar-refractivity contribution in [1.82, 2.24) is 10.2 Å². The number of hydrogen-bond acceptors (Lipinski definition) is 5. The van der Waals surface area contributed by atoms with Crippen LogP contribution in [0, 0.1) is 5.92 Å². The average Bonchev–Trinajstić information content (AvgIpc) is 2.92. The van der Waals surface area contributed by atoms with Crippen LogP contribution in [-0.2, 0) is 4.79 Å². The van der Waals surface area contributed by atoms with Crippen molar-refractivity contribution in [3.8, 4) is 11.5 Å². The summed E-state index contributed by atoms with van der Waals surface area (Å²) >= 11 is 0. The van der Waals surface area contributed by atoms with E-state index in [-0.39, 0.29) is 17.9 Å². The number of anilines is 1. The summed E-state index contributed by atoms with van der Waals surface area (Å²) in [4.78, 5) is 11.8. The molecule has 0 bridgehead atoms. The van der Waals surface area contributed by atoms with E-state index in [0.29, 0.717) is 11.6 Å². The van der Waals surface area contributed by atoms with Crippen LogP contribution in [0.4, 0.5) is 5.69 Å². The molecule has 0 saturated carbocycles. The molecule has 2 atom stereocenters. The second kappa shape index (κ2) is 5.62. The second-order valence-electron chi connectivity index (χ2n) is 4.46. The molecule has 2 rings (SSSR count). The monoisotopic (exact) mass is 260 g/mol.